The third-order valence-corrected chi connectivity index (χ3v) is 3.00. The lowest BCUT2D eigenvalue weighted by molar-refractivity contribution is 0.0636. The largest absolute Gasteiger partial charge is 0.477 e. The molecule has 0 saturated heterocycles. The van der Waals surface area contributed by atoms with Crippen molar-refractivity contribution in [3.8, 4) is 0 Å². The van der Waals surface area contributed by atoms with Gasteiger partial charge in [-0.15, -0.1) is 0 Å². The molecule has 2 aromatic rings. The van der Waals surface area contributed by atoms with Crippen LogP contribution in [0.25, 0.3) is 10.9 Å². The fraction of sp³-hybridized carbons (Fsp3) is 0.333. The van der Waals surface area contributed by atoms with Crippen LogP contribution in [0.3, 0.4) is 0 Å². The molecule has 1 aromatic carbocycles. The van der Waals surface area contributed by atoms with Crippen LogP contribution < -0.4 is 5.32 Å². The number of aryl methyl sites for hydroxylation is 1. The van der Waals surface area contributed by atoms with Gasteiger partial charge in [0.1, 0.15) is 11.4 Å². The number of carboxylic acids is 1. The van der Waals surface area contributed by atoms with Crippen LogP contribution in [0.2, 0.25) is 0 Å². The first-order valence-electron chi connectivity index (χ1n) is 6.62. The summed E-state index contributed by atoms with van der Waals surface area (Å²) < 4.78 is 20.5. The first-order chi connectivity index (χ1) is 10.1. The van der Waals surface area contributed by atoms with Gasteiger partial charge in [0.2, 0.25) is 0 Å². The molecule has 1 heterocycles. The Morgan fingerprint density at radius 3 is 2.50 bits per heavy atom. The van der Waals surface area contributed by atoms with Crippen molar-refractivity contribution in [2.24, 2.45) is 7.05 Å². The maximum absolute atomic E-state index is 14.1. The zero-order valence-corrected chi connectivity index (χ0v) is 12.7. The van der Waals surface area contributed by atoms with Crippen molar-refractivity contribution >= 4 is 28.7 Å². The van der Waals surface area contributed by atoms with Gasteiger partial charge in [0.05, 0.1) is 16.6 Å². The molecular formula is C15H17FN2O4. The zero-order valence-electron chi connectivity index (χ0n) is 12.7. The molecule has 0 fully saturated rings. The van der Waals surface area contributed by atoms with Crippen molar-refractivity contribution in [3.63, 3.8) is 0 Å². The molecule has 6 nitrogen and oxygen atoms in total. The summed E-state index contributed by atoms with van der Waals surface area (Å²) in [4.78, 5) is 23.4. The van der Waals surface area contributed by atoms with E-state index in [-0.39, 0.29) is 16.8 Å². The summed E-state index contributed by atoms with van der Waals surface area (Å²) >= 11 is 0. The van der Waals surface area contributed by atoms with Crippen LogP contribution in [-0.2, 0) is 11.8 Å². The molecule has 0 atom stereocenters. The second kappa shape index (κ2) is 5.32. The van der Waals surface area contributed by atoms with Crippen molar-refractivity contribution < 1.29 is 23.8 Å². The number of halogens is 1. The SMILES string of the molecule is Cn1c(C(=O)O)c(NC(=O)OC(C)(C)C)c2c(F)cccc21. The number of hydrogen-bond acceptors (Lipinski definition) is 3. The first kappa shape index (κ1) is 15.8. The molecule has 0 aliphatic rings. The van der Waals surface area contributed by atoms with Crippen LogP contribution in [0.4, 0.5) is 14.9 Å². The molecule has 2 rings (SSSR count). The average Bonchev–Trinajstić information content (AvgIpc) is 2.61. The summed E-state index contributed by atoms with van der Waals surface area (Å²) in [6, 6.07) is 4.25. The number of aromatic carboxylic acids is 1. The molecule has 1 aromatic heterocycles. The molecular weight excluding hydrogens is 291 g/mol. The van der Waals surface area contributed by atoms with Crippen molar-refractivity contribution in [1.82, 2.24) is 4.57 Å². The fourth-order valence-electron chi connectivity index (χ4n) is 2.22. The van der Waals surface area contributed by atoms with Gasteiger partial charge in [-0.3, -0.25) is 5.32 Å². The van der Waals surface area contributed by atoms with Gasteiger partial charge in [-0.25, -0.2) is 14.0 Å². The van der Waals surface area contributed by atoms with Gasteiger partial charge in [-0.1, -0.05) is 6.07 Å². The van der Waals surface area contributed by atoms with Gasteiger partial charge in [0.15, 0.2) is 5.69 Å². The standard InChI is InChI=1S/C15H17FN2O4/c1-15(2,3)22-14(21)17-11-10-8(16)6-5-7-9(10)18(4)12(11)13(19)20/h5-7H,1-4H3,(H,17,21)(H,19,20). The number of nitrogens with zero attached hydrogens (tertiary/aromatic N) is 1. The van der Waals surface area contributed by atoms with Crippen molar-refractivity contribution in [2.45, 2.75) is 26.4 Å². The van der Waals surface area contributed by atoms with E-state index in [9.17, 15) is 19.1 Å². The molecule has 0 unspecified atom stereocenters. The van der Waals surface area contributed by atoms with E-state index in [0.29, 0.717) is 5.52 Å². The Balaban J connectivity index is 2.59. The number of carbonyl (C=O) groups is 2. The summed E-state index contributed by atoms with van der Waals surface area (Å²) in [5.41, 5.74) is -0.719. The van der Waals surface area contributed by atoms with Gasteiger partial charge in [0.25, 0.3) is 0 Å². The summed E-state index contributed by atoms with van der Waals surface area (Å²) in [5, 5.41) is 11.7. The minimum atomic E-state index is -1.27. The number of hydrogen-bond donors (Lipinski definition) is 2. The zero-order chi connectivity index (χ0) is 16.7. The van der Waals surface area contributed by atoms with E-state index >= 15 is 0 Å². The Bertz CT molecular complexity index is 759. The molecule has 1 amide bonds. The Morgan fingerprint density at radius 2 is 1.95 bits per heavy atom. The van der Waals surface area contributed by atoms with Gasteiger partial charge >= 0.3 is 12.1 Å². The third kappa shape index (κ3) is 2.88. The molecule has 0 aliphatic heterocycles. The summed E-state index contributed by atoms with van der Waals surface area (Å²) in [6.07, 6.45) is -0.842. The van der Waals surface area contributed by atoms with Crippen LogP contribution in [0.1, 0.15) is 31.3 Å². The van der Waals surface area contributed by atoms with Crippen LogP contribution in [-0.4, -0.2) is 27.3 Å². The predicted octanol–water partition coefficient (Wildman–Crippen LogP) is 3.36. The van der Waals surface area contributed by atoms with Crippen LogP contribution in [0.5, 0.6) is 0 Å². The number of benzene rings is 1. The summed E-state index contributed by atoms with van der Waals surface area (Å²) in [5.74, 6) is -1.89. The lowest BCUT2D eigenvalue weighted by Crippen LogP contribution is -2.27. The molecule has 0 spiro atoms. The number of fused-ring (bicyclic) bond motifs is 1. The first-order valence-corrected chi connectivity index (χ1v) is 6.62. The smallest absolute Gasteiger partial charge is 0.412 e. The lowest BCUT2D eigenvalue weighted by atomic mass is 10.2. The number of carboxylic acid groups (broad SMARTS) is 1. The van der Waals surface area contributed by atoms with Crippen molar-refractivity contribution in [2.75, 3.05) is 5.32 Å². The van der Waals surface area contributed by atoms with Crippen LogP contribution in [0.15, 0.2) is 18.2 Å². The molecule has 7 heteroatoms. The van der Waals surface area contributed by atoms with Crippen molar-refractivity contribution in [1.29, 1.82) is 0 Å². The van der Waals surface area contributed by atoms with E-state index < -0.39 is 23.5 Å². The molecule has 22 heavy (non-hydrogen) atoms. The highest BCUT2D eigenvalue weighted by Crippen LogP contribution is 2.32. The van der Waals surface area contributed by atoms with Gasteiger partial charge in [0, 0.05) is 7.05 Å². The number of nitrogens with one attached hydrogen (secondary N) is 1. The molecule has 0 saturated carbocycles. The minimum Gasteiger partial charge on any atom is -0.477 e. The van der Waals surface area contributed by atoms with Gasteiger partial charge in [-0.05, 0) is 32.9 Å². The van der Waals surface area contributed by atoms with E-state index in [4.69, 9.17) is 4.74 Å². The number of ether oxygens (including phenoxy) is 1. The Morgan fingerprint density at radius 1 is 1.32 bits per heavy atom. The number of rotatable bonds is 2. The van der Waals surface area contributed by atoms with E-state index in [1.165, 1.54) is 23.7 Å². The van der Waals surface area contributed by atoms with E-state index in [1.807, 2.05) is 0 Å². The molecule has 0 aliphatic carbocycles. The highest BCUT2D eigenvalue weighted by molar-refractivity contribution is 6.10. The minimum absolute atomic E-state index is 0.0354. The predicted molar refractivity (Wildman–Crippen MR) is 79.7 cm³/mol. The second-order valence-corrected chi connectivity index (χ2v) is 5.85. The van der Waals surface area contributed by atoms with E-state index in [1.54, 1.807) is 26.8 Å². The molecule has 118 valence electrons. The van der Waals surface area contributed by atoms with E-state index in [2.05, 4.69) is 5.32 Å². The quantitative estimate of drug-likeness (QED) is 0.891. The third-order valence-electron chi connectivity index (χ3n) is 3.00. The normalized spacial score (nSPS) is 11.5. The van der Waals surface area contributed by atoms with E-state index in [0.717, 1.165) is 0 Å². The van der Waals surface area contributed by atoms with Gasteiger partial charge in [-0.2, -0.15) is 0 Å². The number of carbonyl (C=O) groups excluding carboxylic acids is 1. The van der Waals surface area contributed by atoms with Crippen LogP contribution >= 0.6 is 0 Å². The van der Waals surface area contributed by atoms with Crippen molar-refractivity contribution in [3.05, 3.63) is 29.7 Å². The highest BCUT2D eigenvalue weighted by atomic mass is 19.1. The fourth-order valence-corrected chi connectivity index (χ4v) is 2.22. The van der Waals surface area contributed by atoms with Gasteiger partial charge < -0.3 is 14.4 Å². The average molecular weight is 308 g/mol. The topological polar surface area (TPSA) is 80.6 Å². The maximum Gasteiger partial charge on any atom is 0.412 e. The summed E-state index contributed by atoms with van der Waals surface area (Å²) in [7, 11) is 1.49. The Kier molecular flexibility index (Phi) is 3.83. The number of amides is 1. The molecule has 2 N–H and O–H groups in total. The molecule has 0 radical (unpaired) electrons. The summed E-state index contributed by atoms with van der Waals surface area (Å²) in [6.45, 7) is 5.02. The molecule has 0 bridgehead atoms. The number of aromatic nitrogens is 1. The van der Waals surface area contributed by atoms with Crippen LogP contribution in [0, 0.1) is 5.82 Å². The highest BCUT2D eigenvalue weighted by Gasteiger charge is 2.26. The Labute approximate surface area is 126 Å². The number of anilines is 1. The maximum atomic E-state index is 14.1. The monoisotopic (exact) mass is 308 g/mol. The lowest BCUT2D eigenvalue weighted by Gasteiger charge is -2.19. The Hall–Kier alpha value is -2.57. The second-order valence-electron chi connectivity index (χ2n) is 5.85.